The smallest absolute Gasteiger partial charge is 0.0878 e. The van der Waals surface area contributed by atoms with E-state index in [-0.39, 0.29) is 5.60 Å². The molecule has 0 aromatic heterocycles. The standard InChI is InChI=1S/C11H24O3/c1-6-11(12,9-13-4)8-7-10(2,3)14-5/h12H,6-9H2,1-5H3. The van der Waals surface area contributed by atoms with Gasteiger partial charge >= 0.3 is 0 Å². The van der Waals surface area contributed by atoms with Crippen LogP contribution in [0.4, 0.5) is 0 Å². The predicted molar refractivity (Wildman–Crippen MR) is 57.4 cm³/mol. The van der Waals surface area contributed by atoms with Crippen molar-refractivity contribution in [1.82, 2.24) is 0 Å². The van der Waals surface area contributed by atoms with E-state index >= 15 is 0 Å². The molecule has 0 aromatic carbocycles. The molecule has 0 radical (unpaired) electrons. The summed E-state index contributed by atoms with van der Waals surface area (Å²) in [6, 6.07) is 0. The van der Waals surface area contributed by atoms with Crippen LogP contribution in [-0.4, -0.2) is 37.1 Å². The van der Waals surface area contributed by atoms with Crippen molar-refractivity contribution in [2.45, 2.75) is 51.2 Å². The Kier molecular flexibility index (Phi) is 5.64. The molecule has 1 atom stereocenters. The summed E-state index contributed by atoms with van der Waals surface area (Å²) in [6.45, 7) is 6.41. The first-order valence-corrected chi connectivity index (χ1v) is 5.15. The zero-order chi connectivity index (χ0) is 11.2. The highest BCUT2D eigenvalue weighted by atomic mass is 16.5. The van der Waals surface area contributed by atoms with Gasteiger partial charge < -0.3 is 14.6 Å². The Hall–Kier alpha value is -0.120. The van der Waals surface area contributed by atoms with E-state index in [0.29, 0.717) is 19.4 Å². The highest BCUT2D eigenvalue weighted by Gasteiger charge is 2.28. The van der Waals surface area contributed by atoms with E-state index in [1.807, 2.05) is 20.8 Å². The monoisotopic (exact) mass is 204 g/mol. The van der Waals surface area contributed by atoms with Crippen molar-refractivity contribution in [3.05, 3.63) is 0 Å². The third kappa shape index (κ3) is 4.94. The SMILES string of the molecule is CCC(O)(CCC(C)(C)OC)COC. The minimum absolute atomic E-state index is 0.170. The van der Waals surface area contributed by atoms with Crippen LogP contribution in [0.2, 0.25) is 0 Å². The lowest BCUT2D eigenvalue weighted by Crippen LogP contribution is -2.36. The quantitative estimate of drug-likeness (QED) is 0.689. The van der Waals surface area contributed by atoms with Crippen LogP contribution in [0.1, 0.15) is 40.0 Å². The number of hydrogen-bond acceptors (Lipinski definition) is 3. The van der Waals surface area contributed by atoms with E-state index in [9.17, 15) is 5.11 Å². The third-order valence-electron chi connectivity index (χ3n) is 2.82. The van der Waals surface area contributed by atoms with Crippen LogP contribution >= 0.6 is 0 Å². The van der Waals surface area contributed by atoms with Crippen molar-refractivity contribution in [3.8, 4) is 0 Å². The molecule has 0 aliphatic rings. The second kappa shape index (κ2) is 5.69. The number of hydrogen-bond donors (Lipinski definition) is 1. The molecule has 0 amide bonds. The van der Waals surface area contributed by atoms with E-state index in [4.69, 9.17) is 9.47 Å². The molecule has 86 valence electrons. The number of aliphatic hydroxyl groups is 1. The molecule has 0 rings (SSSR count). The number of methoxy groups -OCH3 is 2. The Balaban J connectivity index is 4.06. The van der Waals surface area contributed by atoms with Crippen molar-refractivity contribution in [2.75, 3.05) is 20.8 Å². The fourth-order valence-electron chi connectivity index (χ4n) is 1.26. The average Bonchev–Trinajstić information content (AvgIpc) is 2.16. The summed E-state index contributed by atoms with van der Waals surface area (Å²) in [5, 5.41) is 10.1. The van der Waals surface area contributed by atoms with E-state index in [1.54, 1.807) is 14.2 Å². The summed E-state index contributed by atoms with van der Waals surface area (Å²) in [7, 11) is 3.31. The lowest BCUT2D eigenvalue weighted by Gasteiger charge is -2.30. The molecule has 0 heterocycles. The first-order chi connectivity index (χ1) is 6.39. The van der Waals surface area contributed by atoms with Gasteiger partial charge in [0.1, 0.15) is 0 Å². The maximum absolute atomic E-state index is 10.1. The molecule has 1 unspecified atom stereocenters. The van der Waals surface area contributed by atoms with Gasteiger partial charge in [0.2, 0.25) is 0 Å². The summed E-state index contributed by atoms with van der Waals surface area (Å²) >= 11 is 0. The molecular formula is C11H24O3. The van der Waals surface area contributed by atoms with Gasteiger partial charge in [-0.2, -0.15) is 0 Å². The van der Waals surface area contributed by atoms with Crippen LogP contribution in [0, 0.1) is 0 Å². The van der Waals surface area contributed by atoms with E-state index < -0.39 is 5.60 Å². The minimum atomic E-state index is -0.704. The Morgan fingerprint density at radius 3 is 2.07 bits per heavy atom. The van der Waals surface area contributed by atoms with Gasteiger partial charge in [0.25, 0.3) is 0 Å². The molecule has 0 saturated heterocycles. The average molecular weight is 204 g/mol. The van der Waals surface area contributed by atoms with Crippen LogP contribution in [0.25, 0.3) is 0 Å². The maximum Gasteiger partial charge on any atom is 0.0878 e. The zero-order valence-electron chi connectivity index (χ0n) is 10.1. The van der Waals surface area contributed by atoms with E-state index in [2.05, 4.69) is 0 Å². The second-order valence-electron chi connectivity index (χ2n) is 4.47. The summed E-state index contributed by atoms with van der Waals surface area (Å²) in [5.74, 6) is 0. The molecule has 0 fully saturated rings. The molecule has 0 aliphatic heterocycles. The molecule has 0 saturated carbocycles. The Labute approximate surface area is 87.4 Å². The fourth-order valence-corrected chi connectivity index (χ4v) is 1.26. The van der Waals surface area contributed by atoms with Crippen LogP contribution in [-0.2, 0) is 9.47 Å². The highest BCUT2D eigenvalue weighted by molar-refractivity contribution is 4.80. The Morgan fingerprint density at radius 1 is 1.14 bits per heavy atom. The summed E-state index contributed by atoms with van der Waals surface area (Å²) in [6.07, 6.45) is 2.25. The van der Waals surface area contributed by atoms with Gasteiger partial charge in [-0.1, -0.05) is 6.92 Å². The predicted octanol–water partition coefficient (Wildman–Crippen LogP) is 1.98. The van der Waals surface area contributed by atoms with Gasteiger partial charge in [-0.15, -0.1) is 0 Å². The van der Waals surface area contributed by atoms with Crippen molar-refractivity contribution < 1.29 is 14.6 Å². The second-order valence-corrected chi connectivity index (χ2v) is 4.47. The van der Waals surface area contributed by atoms with Crippen LogP contribution in [0.5, 0.6) is 0 Å². The molecule has 0 spiro atoms. The van der Waals surface area contributed by atoms with Gasteiger partial charge in [0.15, 0.2) is 0 Å². The van der Waals surface area contributed by atoms with E-state index in [0.717, 1.165) is 6.42 Å². The first-order valence-electron chi connectivity index (χ1n) is 5.15. The third-order valence-corrected chi connectivity index (χ3v) is 2.82. The van der Waals surface area contributed by atoms with Gasteiger partial charge in [-0.25, -0.2) is 0 Å². The van der Waals surface area contributed by atoms with Crippen molar-refractivity contribution >= 4 is 0 Å². The van der Waals surface area contributed by atoms with Gasteiger partial charge in [0, 0.05) is 14.2 Å². The maximum atomic E-state index is 10.1. The first kappa shape index (κ1) is 13.9. The number of rotatable bonds is 7. The molecule has 3 nitrogen and oxygen atoms in total. The highest BCUT2D eigenvalue weighted by Crippen LogP contribution is 2.24. The van der Waals surface area contributed by atoms with Gasteiger partial charge in [-0.3, -0.25) is 0 Å². The minimum Gasteiger partial charge on any atom is -0.387 e. The molecular weight excluding hydrogens is 180 g/mol. The summed E-state index contributed by atoms with van der Waals surface area (Å²) in [5.41, 5.74) is -0.874. The van der Waals surface area contributed by atoms with Crippen molar-refractivity contribution in [2.24, 2.45) is 0 Å². The topological polar surface area (TPSA) is 38.7 Å². The van der Waals surface area contributed by atoms with Gasteiger partial charge in [0.05, 0.1) is 17.8 Å². The fraction of sp³-hybridized carbons (Fsp3) is 1.00. The molecule has 0 aromatic rings. The van der Waals surface area contributed by atoms with Crippen molar-refractivity contribution in [1.29, 1.82) is 0 Å². The summed E-state index contributed by atoms with van der Waals surface area (Å²) in [4.78, 5) is 0. The zero-order valence-corrected chi connectivity index (χ0v) is 10.1. The normalized spacial score (nSPS) is 16.7. The molecule has 0 aliphatic carbocycles. The molecule has 3 heteroatoms. The van der Waals surface area contributed by atoms with E-state index in [1.165, 1.54) is 0 Å². The largest absolute Gasteiger partial charge is 0.387 e. The van der Waals surface area contributed by atoms with Gasteiger partial charge in [-0.05, 0) is 33.1 Å². The molecule has 1 N–H and O–H groups in total. The van der Waals surface area contributed by atoms with Crippen LogP contribution in [0.3, 0.4) is 0 Å². The lowest BCUT2D eigenvalue weighted by atomic mass is 9.90. The summed E-state index contributed by atoms with van der Waals surface area (Å²) < 4.78 is 10.3. The molecule has 0 bridgehead atoms. The van der Waals surface area contributed by atoms with Crippen LogP contribution in [0.15, 0.2) is 0 Å². The molecule has 14 heavy (non-hydrogen) atoms. The Bertz CT molecular complexity index is 157. The Morgan fingerprint density at radius 2 is 1.71 bits per heavy atom. The number of ether oxygens (including phenoxy) is 2. The lowest BCUT2D eigenvalue weighted by molar-refractivity contribution is -0.0630. The van der Waals surface area contributed by atoms with Crippen LogP contribution < -0.4 is 0 Å². The van der Waals surface area contributed by atoms with Crippen molar-refractivity contribution in [3.63, 3.8) is 0 Å².